The van der Waals surface area contributed by atoms with Crippen LogP contribution in [0.1, 0.15) is 32.0 Å². The Hall–Kier alpha value is -2.63. The van der Waals surface area contributed by atoms with Gasteiger partial charge in [0.25, 0.3) is 0 Å². The molecule has 2 aromatic heterocycles. The molecule has 6 nitrogen and oxygen atoms in total. The first-order valence-electron chi connectivity index (χ1n) is 5.09. The van der Waals surface area contributed by atoms with E-state index < -0.39 is 11.8 Å². The first kappa shape index (κ1) is 11.8. The maximum atomic E-state index is 12.2. The smallest absolute Gasteiger partial charge is 0.340 e. The number of hydrogen-bond acceptors (Lipinski definition) is 5. The van der Waals surface area contributed by atoms with Crippen molar-refractivity contribution >= 4 is 17.6 Å². The molecule has 0 spiro atoms. The van der Waals surface area contributed by atoms with E-state index in [2.05, 4.69) is 4.98 Å². The maximum absolute atomic E-state index is 12.2. The molecule has 2 aromatic rings. The second-order valence-corrected chi connectivity index (χ2v) is 3.64. The molecule has 0 bridgehead atoms. The van der Waals surface area contributed by atoms with Crippen LogP contribution in [0, 0.1) is 6.92 Å². The van der Waals surface area contributed by atoms with Gasteiger partial charge in [-0.15, -0.1) is 0 Å². The zero-order valence-electron chi connectivity index (χ0n) is 9.51. The third kappa shape index (κ3) is 1.84. The first-order chi connectivity index (χ1) is 8.52. The summed E-state index contributed by atoms with van der Waals surface area (Å²) in [7, 11) is 0. The number of aromatic carboxylic acids is 1. The average Bonchev–Trinajstić information content (AvgIpc) is 2.73. The number of rotatable bonds is 3. The van der Waals surface area contributed by atoms with Crippen molar-refractivity contribution in [2.24, 2.45) is 0 Å². The zero-order chi connectivity index (χ0) is 13.3. The summed E-state index contributed by atoms with van der Waals surface area (Å²) in [4.78, 5) is 27.0. The highest BCUT2D eigenvalue weighted by Gasteiger charge is 2.23. The number of pyridine rings is 1. The van der Waals surface area contributed by atoms with E-state index in [0.717, 1.165) is 0 Å². The monoisotopic (exact) mass is 246 g/mol. The second kappa shape index (κ2) is 4.33. The number of nitrogen functional groups attached to an aromatic ring is 1. The number of aromatic nitrogens is 1. The van der Waals surface area contributed by atoms with E-state index in [1.165, 1.54) is 24.6 Å². The Morgan fingerprint density at radius 1 is 1.33 bits per heavy atom. The van der Waals surface area contributed by atoms with E-state index in [-0.39, 0.29) is 16.9 Å². The Kier molecular flexibility index (Phi) is 2.85. The molecule has 0 radical (unpaired) electrons. The predicted molar refractivity (Wildman–Crippen MR) is 62.5 cm³/mol. The molecule has 2 rings (SSSR count). The topological polar surface area (TPSA) is 106 Å². The highest BCUT2D eigenvalue weighted by Crippen LogP contribution is 2.20. The van der Waals surface area contributed by atoms with Crippen molar-refractivity contribution in [2.45, 2.75) is 6.92 Å². The van der Waals surface area contributed by atoms with Gasteiger partial charge in [-0.25, -0.2) is 9.78 Å². The number of nitrogens with zero attached hydrogens (tertiary/aromatic N) is 1. The highest BCUT2D eigenvalue weighted by atomic mass is 16.4. The van der Waals surface area contributed by atoms with E-state index >= 15 is 0 Å². The third-order valence-electron chi connectivity index (χ3n) is 2.54. The molecule has 0 amide bonds. The Bertz CT molecular complexity index is 631. The van der Waals surface area contributed by atoms with Gasteiger partial charge in [0.15, 0.2) is 5.78 Å². The van der Waals surface area contributed by atoms with Gasteiger partial charge in [0.1, 0.15) is 17.1 Å². The van der Waals surface area contributed by atoms with E-state index in [0.29, 0.717) is 11.3 Å². The average molecular weight is 246 g/mol. The molecule has 0 aliphatic carbocycles. The van der Waals surface area contributed by atoms with E-state index in [4.69, 9.17) is 15.3 Å². The molecule has 0 aliphatic heterocycles. The van der Waals surface area contributed by atoms with Crippen LogP contribution in [0.2, 0.25) is 0 Å². The van der Waals surface area contributed by atoms with Crippen molar-refractivity contribution in [1.82, 2.24) is 4.98 Å². The Morgan fingerprint density at radius 2 is 2.06 bits per heavy atom. The van der Waals surface area contributed by atoms with Gasteiger partial charge in [-0.1, -0.05) is 0 Å². The molecule has 3 N–H and O–H groups in total. The van der Waals surface area contributed by atoms with Crippen LogP contribution in [-0.2, 0) is 0 Å². The minimum Gasteiger partial charge on any atom is -0.478 e. The standard InChI is InChI=1S/C12H10N2O4/c1-6-7(3-5-18-6)10(15)8-2-4-14-11(13)9(8)12(16)17/h2-5H,1H3,(H2,13,14)(H,16,17). The molecule has 0 saturated heterocycles. The molecule has 0 fully saturated rings. The largest absolute Gasteiger partial charge is 0.478 e. The maximum Gasteiger partial charge on any atom is 0.340 e. The van der Waals surface area contributed by atoms with Crippen molar-refractivity contribution < 1.29 is 19.1 Å². The molecular weight excluding hydrogens is 236 g/mol. The summed E-state index contributed by atoms with van der Waals surface area (Å²) in [5.74, 6) is -1.50. The number of carboxylic acid groups (broad SMARTS) is 1. The summed E-state index contributed by atoms with van der Waals surface area (Å²) in [5.41, 5.74) is 5.50. The molecule has 0 saturated carbocycles. The van der Waals surface area contributed by atoms with Gasteiger partial charge in [0.05, 0.1) is 11.8 Å². The number of carboxylic acids is 1. The van der Waals surface area contributed by atoms with E-state index in [1.54, 1.807) is 6.92 Å². The Balaban J connectivity index is 2.59. The lowest BCUT2D eigenvalue weighted by molar-refractivity contribution is 0.0693. The number of hydrogen-bond donors (Lipinski definition) is 2. The molecule has 0 atom stereocenters. The Morgan fingerprint density at radius 3 is 2.61 bits per heavy atom. The number of ketones is 1. The van der Waals surface area contributed by atoms with Gasteiger partial charge in [0, 0.05) is 11.8 Å². The van der Waals surface area contributed by atoms with Crippen LogP contribution in [0.15, 0.2) is 29.0 Å². The lowest BCUT2D eigenvalue weighted by Gasteiger charge is -2.06. The minimum atomic E-state index is -1.29. The quantitative estimate of drug-likeness (QED) is 0.794. The summed E-state index contributed by atoms with van der Waals surface area (Å²) in [6.07, 6.45) is 2.66. The summed E-state index contributed by atoms with van der Waals surface area (Å²) >= 11 is 0. The van der Waals surface area contributed by atoms with Crippen LogP contribution in [0.25, 0.3) is 0 Å². The fourth-order valence-corrected chi connectivity index (χ4v) is 1.66. The second-order valence-electron chi connectivity index (χ2n) is 3.64. The highest BCUT2D eigenvalue weighted by molar-refractivity contribution is 6.15. The number of carbonyl (C=O) groups excluding carboxylic acids is 1. The predicted octanol–water partition coefficient (Wildman–Crippen LogP) is 1.49. The number of nitrogens with two attached hydrogens (primary N) is 1. The fourth-order valence-electron chi connectivity index (χ4n) is 1.66. The van der Waals surface area contributed by atoms with Crippen LogP contribution in [0.3, 0.4) is 0 Å². The van der Waals surface area contributed by atoms with Crippen LogP contribution in [-0.4, -0.2) is 21.8 Å². The third-order valence-corrected chi connectivity index (χ3v) is 2.54. The van der Waals surface area contributed by atoms with Crippen molar-refractivity contribution in [3.8, 4) is 0 Å². The summed E-state index contributed by atoms with van der Waals surface area (Å²) in [5, 5.41) is 9.07. The van der Waals surface area contributed by atoms with Crippen molar-refractivity contribution in [3.05, 3.63) is 47.0 Å². The van der Waals surface area contributed by atoms with Crippen molar-refractivity contribution in [1.29, 1.82) is 0 Å². The molecule has 0 unspecified atom stereocenters. The van der Waals surface area contributed by atoms with Gasteiger partial charge in [-0.05, 0) is 19.1 Å². The van der Waals surface area contributed by atoms with Gasteiger partial charge >= 0.3 is 5.97 Å². The lowest BCUT2D eigenvalue weighted by atomic mass is 10.00. The number of furan rings is 1. The SMILES string of the molecule is Cc1occc1C(=O)c1ccnc(N)c1C(=O)O. The number of carbonyl (C=O) groups is 2. The molecule has 0 aromatic carbocycles. The fraction of sp³-hybridized carbons (Fsp3) is 0.0833. The first-order valence-corrected chi connectivity index (χ1v) is 5.09. The molecular formula is C12H10N2O4. The molecule has 92 valence electrons. The molecule has 0 aliphatic rings. The zero-order valence-corrected chi connectivity index (χ0v) is 9.51. The number of aryl methyl sites for hydroxylation is 1. The lowest BCUT2D eigenvalue weighted by Crippen LogP contribution is -2.13. The van der Waals surface area contributed by atoms with Gasteiger partial charge in [0.2, 0.25) is 0 Å². The van der Waals surface area contributed by atoms with Crippen molar-refractivity contribution in [2.75, 3.05) is 5.73 Å². The van der Waals surface area contributed by atoms with Crippen molar-refractivity contribution in [3.63, 3.8) is 0 Å². The summed E-state index contributed by atoms with van der Waals surface area (Å²) < 4.78 is 5.02. The van der Waals surface area contributed by atoms with E-state index in [9.17, 15) is 9.59 Å². The summed E-state index contributed by atoms with van der Waals surface area (Å²) in [6, 6.07) is 2.81. The molecule has 6 heteroatoms. The van der Waals surface area contributed by atoms with Gasteiger partial charge in [-0.3, -0.25) is 4.79 Å². The Labute approximate surface area is 102 Å². The minimum absolute atomic E-state index is 0.000463. The molecule has 18 heavy (non-hydrogen) atoms. The van der Waals surface area contributed by atoms with Crippen LogP contribution in [0.5, 0.6) is 0 Å². The summed E-state index contributed by atoms with van der Waals surface area (Å²) in [6.45, 7) is 1.62. The van der Waals surface area contributed by atoms with E-state index in [1.807, 2.05) is 0 Å². The van der Waals surface area contributed by atoms with Gasteiger partial charge in [-0.2, -0.15) is 0 Å². The van der Waals surface area contributed by atoms with Crippen LogP contribution in [0.4, 0.5) is 5.82 Å². The molecule has 2 heterocycles. The van der Waals surface area contributed by atoms with Crippen LogP contribution < -0.4 is 5.73 Å². The normalized spacial score (nSPS) is 10.3. The number of anilines is 1. The van der Waals surface area contributed by atoms with Gasteiger partial charge < -0.3 is 15.3 Å². The van der Waals surface area contributed by atoms with Crippen LogP contribution >= 0.6 is 0 Å².